The van der Waals surface area contributed by atoms with Gasteiger partial charge in [0.1, 0.15) is 10.7 Å². The van der Waals surface area contributed by atoms with E-state index in [1.807, 2.05) is 31.2 Å². The Balaban J connectivity index is 1.64. The third kappa shape index (κ3) is 4.55. The predicted octanol–water partition coefficient (Wildman–Crippen LogP) is 4.19. The average Bonchev–Trinajstić information content (AvgIpc) is 3.11. The van der Waals surface area contributed by atoms with Gasteiger partial charge in [-0.2, -0.15) is 0 Å². The number of rotatable bonds is 6. The third-order valence-electron chi connectivity index (χ3n) is 3.37. The van der Waals surface area contributed by atoms with Crippen molar-refractivity contribution in [1.82, 2.24) is 15.3 Å². The first-order chi connectivity index (χ1) is 12.2. The van der Waals surface area contributed by atoms with Crippen LogP contribution in [0, 0.1) is 0 Å². The van der Waals surface area contributed by atoms with Crippen molar-refractivity contribution in [2.75, 3.05) is 6.61 Å². The molecule has 7 heteroatoms. The van der Waals surface area contributed by atoms with Gasteiger partial charge in [-0.1, -0.05) is 23.7 Å². The molecule has 0 atom stereocenters. The molecule has 0 spiro atoms. The van der Waals surface area contributed by atoms with E-state index in [4.69, 9.17) is 16.3 Å². The first-order valence-electron chi connectivity index (χ1n) is 7.73. The van der Waals surface area contributed by atoms with Crippen LogP contribution in [0.15, 0.2) is 48.0 Å². The molecule has 3 rings (SSSR count). The fourth-order valence-corrected chi connectivity index (χ4v) is 3.10. The summed E-state index contributed by atoms with van der Waals surface area (Å²) in [6.45, 7) is 2.83. The second-order valence-corrected chi connectivity index (χ2v) is 6.46. The van der Waals surface area contributed by atoms with Crippen LogP contribution in [0.4, 0.5) is 0 Å². The molecule has 2 aromatic heterocycles. The maximum atomic E-state index is 12.3. The number of carbonyl (C=O) groups excluding carboxylic acids is 1. The Kier molecular flexibility index (Phi) is 5.63. The highest BCUT2D eigenvalue weighted by Gasteiger charge is 2.12. The molecule has 1 amide bonds. The molecule has 0 aliphatic rings. The topological polar surface area (TPSA) is 64.1 Å². The summed E-state index contributed by atoms with van der Waals surface area (Å²) in [5.74, 6) is 0.333. The molecule has 2 heterocycles. The highest BCUT2D eigenvalue weighted by atomic mass is 35.5. The zero-order valence-corrected chi connectivity index (χ0v) is 15.1. The van der Waals surface area contributed by atoms with E-state index >= 15 is 0 Å². The number of thiazole rings is 1. The normalized spacial score (nSPS) is 10.5. The van der Waals surface area contributed by atoms with Crippen molar-refractivity contribution in [3.05, 3.63) is 64.3 Å². The van der Waals surface area contributed by atoms with Crippen LogP contribution in [0.2, 0.25) is 5.02 Å². The van der Waals surface area contributed by atoms with Gasteiger partial charge in [-0.15, -0.1) is 11.3 Å². The number of amides is 1. The summed E-state index contributed by atoms with van der Waals surface area (Å²) >= 11 is 7.31. The molecule has 0 fully saturated rings. The summed E-state index contributed by atoms with van der Waals surface area (Å²) in [4.78, 5) is 20.8. The number of pyridine rings is 1. The van der Waals surface area contributed by atoms with Gasteiger partial charge in [0.25, 0.3) is 5.91 Å². The second kappa shape index (κ2) is 8.09. The monoisotopic (exact) mass is 373 g/mol. The average molecular weight is 374 g/mol. The highest BCUT2D eigenvalue weighted by molar-refractivity contribution is 7.13. The zero-order valence-electron chi connectivity index (χ0n) is 13.5. The van der Waals surface area contributed by atoms with Gasteiger partial charge in [-0.25, -0.2) is 9.97 Å². The van der Waals surface area contributed by atoms with Crippen LogP contribution in [0.3, 0.4) is 0 Å². The molecule has 3 aromatic rings. The zero-order chi connectivity index (χ0) is 17.6. The number of benzene rings is 1. The molecule has 5 nitrogen and oxygen atoms in total. The summed E-state index contributed by atoms with van der Waals surface area (Å²) in [5.41, 5.74) is 2.25. The molecule has 1 N–H and O–H groups in total. The molecule has 0 aliphatic heterocycles. The maximum Gasteiger partial charge on any atom is 0.271 e. The first kappa shape index (κ1) is 17.4. The molecular weight excluding hydrogens is 358 g/mol. The SMILES string of the molecule is CCOc1cc(CNC(=O)c2csc(-c3ccc(Cl)cc3)n2)ccn1. The first-order valence-corrected chi connectivity index (χ1v) is 8.99. The predicted molar refractivity (Wildman–Crippen MR) is 99.1 cm³/mol. The minimum atomic E-state index is -0.216. The van der Waals surface area contributed by atoms with Crippen molar-refractivity contribution in [1.29, 1.82) is 0 Å². The number of hydrogen-bond donors (Lipinski definition) is 1. The van der Waals surface area contributed by atoms with Crippen LogP contribution in [-0.4, -0.2) is 22.5 Å². The Hall–Kier alpha value is -2.44. The van der Waals surface area contributed by atoms with Gasteiger partial charge in [0.15, 0.2) is 0 Å². The smallest absolute Gasteiger partial charge is 0.271 e. The summed E-state index contributed by atoms with van der Waals surface area (Å²) in [6, 6.07) is 11.0. The van der Waals surface area contributed by atoms with E-state index in [0.29, 0.717) is 29.7 Å². The van der Waals surface area contributed by atoms with E-state index in [1.165, 1.54) is 11.3 Å². The van der Waals surface area contributed by atoms with Crippen molar-refractivity contribution in [3.63, 3.8) is 0 Å². The molecule has 0 aliphatic carbocycles. The van der Waals surface area contributed by atoms with Gasteiger partial charge >= 0.3 is 0 Å². The molecule has 0 saturated heterocycles. The Morgan fingerprint density at radius 3 is 2.84 bits per heavy atom. The van der Waals surface area contributed by atoms with Gasteiger partial charge in [-0.05, 0) is 30.7 Å². The Morgan fingerprint density at radius 1 is 1.28 bits per heavy atom. The van der Waals surface area contributed by atoms with Crippen LogP contribution in [-0.2, 0) is 6.54 Å². The van der Waals surface area contributed by atoms with Crippen LogP contribution in [0.25, 0.3) is 10.6 Å². The summed E-state index contributed by atoms with van der Waals surface area (Å²) in [5, 5.41) is 6.06. The lowest BCUT2D eigenvalue weighted by Gasteiger charge is -2.06. The van der Waals surface area contributed by atoms with Crippen LogP contribution < -0.4 is 10.1 Å². The Morgan fingerprint density at radius 2 is 2.08 bits per heavy atom. The van der Waals surface area contributed by atoms with Crippen molar-refractivity contribution >= 4 is 28.8 Å². The number of ether oxygens (including phenoxy) is 1. The number of carbonyl (C=O) groups is 1. The lowest BCUT2D eigenvalue weighted by Crippen LogP contribution is -2.23. The van der Waals surface area contributed by atoms with E-state index in [1.54, 1.807) is 23.7 Å². The van der Waals surface area contributed by atoms with E-state index in [-0.39, 0.29) is 5.91 Å². The lowest BCUT2D eigenvalue weighted by molar-refractivity contribution is 0.0946. The molecule has 0 saturated carbocycles. The third-order valence-corrected chi connectivity index (χ3v) is 4.52. The molecule has 0 radical (unpaired) electrons. The highest BCUT2D eigenvalue weighted by Crippen LogP contribution is 2.25. The number of nitrogens with zero attached hydrogens (tertiary/aromatic N) is 2. The van der Waals surface area contributed by atoms with Gasteiger partial charge in [0.05, 0.1) is 6.61 Å². The number of nitrogens with one attached hydrogen (secondary N) is 1. The molecular formula is C18H16ClN3O2S. The second-order valence-electron chi connectivity index (χ2n) is 5.16. The summed E-state index contributed by atoms with van der Waals surface area (Å²) in [7, 11) is 0. The van der Waals surface area contributed by atoms with E-state index in [9.17, 15) is 4.79 Å². The van der Waals surface area contributed by atoms with Gasteiger partial charge in [0.2, 0.25) is 5.88 Å². The minimum absolute atomic E-state index is 0.216. The van der Waals surface area contributed by atoms with Crippen molar-refractivity contribution < 1.29 is 9.53 Å². The number of halogens is 1. The van der Waals surface area contributed by atoms with Gasteiger partial charge in [0, 0.05) is 34.8 Å². The van der Waals surface area contributed by atoms with Crippen molar-refractivity contribution in [2.45, 2.75) is 13.5 Å². The van der Waals surface area contributed by atoms with Gasteiger partial charge < -0.3 is 10.1 Å². The molecule has 128 valence electrons. The fraction of sp³-hybridized carbons (Fsp3) is 0.167. The standard InChI is InChI=1S/C18H16ClN3O2S/c1-2-24-16-9-12(7-8-20-16)10-21-17(23)15-11-25-18(22-15)13-3-5-14(19)6-4-13/h3-9,11H,2,10H2,1H3,(H,21,23). The Labute approximate surface area is 154 Å². The lowest BCUT2D eigenvalue weighted by atomic mass is 10.2. The molecule has 0 bridgehead atoms. The van der Waals surface area contributed by atoms with Crippen LogP contribution >= 0.6 is 22.9 Å². The largest absolute Gasteiger partial charge is 0.478 e. The van der Waals surface area contributed by atoms with Crippen LogP contribution in [0.1, 0.15) is 23.0 Å². The summed E-state index contributed by atoms with van der Waals surface area (Å²) < 4.78 is 5.35. The van der Waals surface area contributed by atoms with Crippen molar-refractivity contribution in [2.24, 2.45) is 0 Å². The van der Waals surface area contributed by atoms with E-state index < -0.39 is 0 Å². The van der Waals surface area contributed by atoms with E-state index in [0.717, 1.165) is 16.1 Å². The quantitative estimate of drug-likeness (QED) is 0.703. The number of hydrogen-bond acceptors (Lipinski definition) is 5. The fourth-order valence-electron chi connectivity index (χ4n) is 2.16. The minimum Gasteiger partial charge on any atom is -0.478 e. The van der Waals surface area contributed by atoms with Gasteiger partial charge in [-0.3, -0.25) is 4.79 Å². The number of aromatic nitrogens is 2. The van der Waals surface area contributed by atoms with Crippen LogP contribution in [0.5, 0.6) is 5.88 Å². The van der Waals surface area contributed by atoms with Crippen molar-refractivity contribution in [3.8, 4) is 16.5 Å². The summed E-state index contributed by atoms with van der Waals surface area (Å²) in [6.07, 6.45) is 1.66. The molecule has 0 unspecified atom stereocenters. The Bertz CT molecular complexity index is 865. The molecule has 25 heavy (non-hydrogen) atoms. The van der Waals surface area contributed by atoms with E-state index in [2.05, 4.69) is 15.3 Å². The molecule has 1 aromatic carbocycles. The maximum absolute atomic E-state index is 12.3.